The van der Waals surface area contributed by atoms with E-state index in [0.717, 1.165) is 11.3 Å². The second-order valence-corrected chi connectivity index (χ2v) is 7.40. The van der Waals surface area contributed by atoms with E-state index in [1.807, 2.05) is 30.3 Å². The second kappa shape index (κ2) is 7.62. The minimum atomic E-state index is -0.697. The Labute approximate surface area is 168 Å². The number of carbonyl (C=O) groups is 3. The van der Waals surface area contributed by atoms with Crippen molar-refractivity contribution in [2.45, 2.75) is 32.6 Å². The number of aromatic amines is 1. The number of Topliss-reactive ketones (excluding diaryl/α,β-unsaturated/α-hetero) is 1. The van der Waals surface area contributed by atoms with Crippen molar-refractivity contribution in [1.82, 2.24) is 15.0 Å². The van der Waals surface area contributed by atoms with Gasteiger partial charge in [-0.2, -0.15) is 5.10 Å². The maximum atomic E-state index is 12.3. The molecule has 29 heavy (non-hydrogen) atoms. The van der Waals surface area contributed by atoms with Crippen LogP contribution in [0, 0.1) is 5.92 Å². The third-order valence-corrected chi connectivity index (χ3v) is 5.39. The van der Waals surface area contributed by atoms with Gasteiger partial charge in [0, 0.05) is 32.9 Å². The van der Waals surface area contributed by atoms with Crippen LogP contribution in [0.4, 0.5) is 5.82 Å². The van der Waals surface area contributed by atoms with Gasteiger partial charge in [0.15, 0.2) is 11.6 Å². The Morgan fingerprint density at radius 3 is 2.66 bits per heavy atom. The summed E-state index contributed by atoms with van der Waals surface area (Å²) in [7, 11) is 1.63. The number of benzene rings is 1. The van der Waals surface area contributed by atoms with Crippen LogP contribution in [0.15, 0.2) is 35.4 Å². The summed E-state index contributed by atoms with van der Waals surface area (Å²) < 4.78 is 0. The summed E-state index contributed by atoms with van der Waals surface area (Å²) in [6.07, 6.45) is 2.29. The maximum absolute atomic E-state index is 12.3. The number of nitrogens with one attached hydrogen (secondary N) is 1. The molecule has 1 unspecified atom stereocenters. The molecular formula is C21H23N5O3. The van der Waals surface area contributed by atoms with Crippen LogP contribution in [0.25, 0.3) is 0 Å². The molecule has 4 rings (SSSR count). The minimum Gasteiger partial charge on any atom is -0.338 e. The number of imidazole rings is 1. The number of aryl methyl sites for hydroxylation is 1. The number of rotatable bonds is 5. The fraction of sp³-hybridized carbons (Fsp3) is 0.381. The molecule has 0 bridgehead atoms. The Bertz CT molecular complexity index is 995. The number of hydrogen-bond acceptors (Lipinski definition) is 5. The van der Waals surface area contributed by atoms with Gasteiger partial charge >= 0.3 is 0 Å². The first kappa shape index (κ1) is 19.0. The molecule has 150 valence electrons. The van der Waals surface area contributed by atoms with Crippen molar-refractivity contribution >= 4 is 29.1 Å². The zero-order valence-corrected chi connectivity index (χ0v) is 16.5. The van der Waals surface area contributed by atoms with Gasteiger partial charge in [-0.1, -0.05) is 30.3 Å². The lowest BCUT2D eigenvalue weighted by Gasteiger charge is -2.24. The molecule has 0 fully saturated rings. The molecule has 8 heteroatoms. The van der Waals surface area contributed by atoms with Crippen molar-refractivity contribution in [3.05, 3.63) is 47.4 Å². The minimum absolute atomic E-state index is 0.0118. The number of hydrogen-bond donors (Lipinski definition) is 1. The normalized spacial score (nSPS) is 19.4. The highest BCUT2D eigenvalue weighted by molar-refractivity contribution is 6.19. The predicted molar refractivity (Wildman–Crippen MR) is 108 cm³/mol. The van der Waals surface area contributed by atoms with E-state index in [9.17, 15) is 14.4 Å². The van der Waals surface area contributed by atoms with Gasteiger partial charge in [0.25, 0.3) is 0 Å². The van der Waals surface area contributed by atoms with E-state index >= 15 is 0 Å². The van der Waals surface area contributed by atoms with Gasteiger partial charge in [0.1, 0.15) is 17.4 Å². The molecule has 0 saturated heterocycles. The lowest BCUT2D eigenvalue weighted by Crippen LogP contribution is -2.41. The molecule has 0 radical (unpaired) electrons. The molecule has 3 heterocycles. The van der Waals surface area contributed by atoms with E-state index in [0.29, 0.717) is 49.6 Å². The summed E-state index contributed by atoms with van der Waals surface area (Å²) in [6, 6.07) is 9.86. The Balaban J connectivity index is 1.43. The molecule has 0 saturated carbocycles. The third-order valence-electron chi connectivity index (χ3n) is 5.39. The van der Waals surface area contributed by atoms with E-state index in [1.54, 1.807) is 14.0 Å². The van der Waals surface area contributed by atoms with Crippen LogP contribution < -0.4 is 4.90 Å². The Hall–Kier alpha value is -3.29. The number of nitrogens with zero attached hydrogens (tertiary/aromatic N) is 4. The van der Waals surface area contributed by atoms with Gasteiger partial charge in [-0.25, -0.2) is 9.99 Å². The van der Waals surface area contributed by atoms with Crippen molar-refractivity contribution < 1.29 is 14.4 Å². The van der Waals surface area contributed by atoms with E-state index < -0.39 is 5.92 Å². The monoisotopic (exact) mass is 393 g/mol. The Morgan fingerprint density at radius 2 is 1.90 bits per heavy atom. The van der Waals surface area contributed by atoms with Crippen LogP contribution in [0.5, 0.6) is 0 Å². The van der Waals surface area contributed by atoms with Gasteiger partial charge in [-0.15, -0.1) is 0 Å². The highest BCUT2D eigenvalue weighted by Gasteiger charge is 2.37. The molecule has 0 aliphatic carbocycles. The summed E-state index contributed by atoms with van der Waals surface area (Å²) in [5, 5.41) is 6.06. The van der Waals surface area contributed by atoms with Crippen molar-refractivity contribution in [3.8, 4) is 0 Å². The van der Waals surface area contributed by atoms with E-state index in [4.69, 9.17) is 0 Å². The lowest BCUT2D eigenvalue weighted by molar-refractivity contribution is -0.131. The molecule has 1 aromatic carbocycles. The molecule has 0 spiro atoms. The SMILES string of the molecule is CC1C(=O)c2[nH]c(CCCN3N=C(c4ccccc4)CCC3=O)nc2N(C)C1=O. The molecule has 1 atom stereocenters. The first-order valence-electron chi connectivity index (χ1n) is 9.79. The molecule has 1 aromatic heterocycles. The van der Waals surface area contributed by atoms with Gasteiger partial charge in [0.05, 0.1) is 5.71 Å². The van der Waals surface area contributed by atoms with Crippen molar-refractivity contribution in [3.63, 3.8) is 0 Å². The van der Waals surface area contributed by atoms with Crippen molar-refractivity contribution in [2.24, 2.45) is 11.0 Å². The Morgan fingerprint density at radius 1 is 1.14 bits per heavy atom. The predicted octanol–water partition coefficient (Wildman–Crippen LogP) is 2.16. The van der Waals surface area contributed by atoms with Gasteiger partial charge < -0.3 is 4.98 Å². The van der Waals surface area contributed by atoms with Crippen molar-refractivity contribution in [1.29, 1.82) is 0 Å². The number of H-pyrrole nitrogens is 1. The fourth-order valence-corrected chi connectivity index (χ4v) is 3.68. The molecule has 8 nitrogen and oxygen atoms in total. The highest BCUT2D eigenvalue weighted by Crippen LogP contribution is 2.27. The number of ketones is 1. The highest BCUT2D eigenvalue weighted by atomic mass is 16.2. The van der Waals surface area contributed by atoms with Crippen LogP contribution in [-0.4, -0.2) is 51.9 Å². The average Bonchev–Trinajstić information content (AvgIpc) is 3.17. The van der Waals surface area contributed by atoms with Gasteiger partial charge in [-0.3, -0.25) is 19.3 Å². The first-order chi connectivity index (χ1) is 14.0. The standard InChI is InChI=1S/C21H23N5O3/c1-13-19(28)18-20(25(2)21(13)29)23-16(22-18)9-6-12-26-17(27)11-10-15(24-26)14-7-4-3-5-8-14/h3-5,7-8,13H,6,9-12H2,1-2H3,(H,22,23). The summed E-state index contributed by atoms with van der Waals surface area (Å²) >= 11 is 0. The number of aromatic nitrogens is 2. The maximum Gasteiger partial charge on any atom is 0.243 e. The van der Waals surface area contributed by atoms with Crippen LogP contribution in [0.3, 0.4) is 0 Å². The zero-order chi connectivity index (χ0) is 20.5. The lowest BCUT2D eigenvalue weighted by atomic mass is 9.98. The topological polar surface area (TPSA) is 98.7 Å². The average molecular weight is 393 g/mol. The molecular weight excluding hydrogens is 370 g/mol. The summed E-state index contributed by atoms with van der Waals surface area (Å²) in [6.45, 7) is 2.08. The summed E-state index contributed by atoms with van der Waals surface area (Å²) in [4.78, 5) is 45.6. The summed E-state index contributed by atoms with van der Waals surface area (Å²) in [5.41, 5.74) is 2.33. The Kier molecular flexibility index (Phi) is 5.00. The molecule has 2 aliphatic rings. The first-order valence-corrected chi connectivity index (χ1v) is 9.79. The van der Waals surface area contributed by atoms with Crippen molar-refractivity contribution in [2.75, 3.05) is 18.5 Å². The molecule has 1 N–H and O–H groups in total. The summed E-state index contributed by atoms with van der Waals surface area (Å²) in [5.74, 6) is -0.150. The molecule has 2 aromatic rings. The number of hydrazone groups is 1. The second-order valence-electron chi connectivity index (χ2n) is 7.40. The number of amides is 2. The van der Waals surface area contributed by atoms with E-state index in [2.05, 4.69) is 15.1 Å². The fourth-order valence-electron chi connectivity index (χ4n) is 3.68. The van der Waals surface area contributed by atoms with Gasteiger partial charge in [-0.05, 0) is 18.9 Å². The number of fused-ring (bicyclic) bond motifs is 1. The third kappa shape index (κ3) is 3.57. The van der Waals surface area contributed by atoms with Crippen LogP contribution in [0.1, 0.15) is 48.1 Å². The van der Waals surface area contributed by atoms with E-state index in [-0.39, 0.29) is 17.6 Å². The largest absolute Gasteiger partial charge is 0.338 e. The molecule has 2 amide bonds. The van der Waals surface area contributed by atoms with Crippen LogP contribution in [0.2, 0.25) is 0 Å². The number of carbonyl (C=O) groups excluding carboxylic acids is 3. The molecule has 2 aliphatic heterocycles. The van der Waals surface area contributed by atoms with Crippen LogP contribution in [-0.2, 0) is 16.0 Å². The number of anilines is 1. The van der Waals surface area contributed by atoms with Gasteiger partial charge in [0.2, 0.25) is 11.8 Å². The smallest absolute Gasteiger partial charge is 0.243 e. The van der Waals surface area contributed by atoms with E-state index in [1.165, 1.54) is 9.91 Å². The van der Waals surface area contributed by atoms with Crippen LogP contribution >= 0.6 is 0 Å². The zero-order valence-electron chi connectivity index (χ0n) is 16.5. The quantitative estimate of drug-likeness (QED) is 0.787.